The van der Waals surface area contributed by atoms with Crippen LogP contribution in [0, 0.1) is 11.8 Å². The molecule has 1 aliphatic heterocycles. The Morgan fingerprint density at radius 3 is 2.55 bits per heavy atom. The molecule has 0 saturated carbocycles. The largest absolute Gasteiger partial charge is 0.369 e. The van der Waals surface area contributed by atoms with Crippen molar-refractivity contribution in [3.63, 3.8) is 0 Å². The van der Waals surface area contributed by atoms with Gasteiger partial charge in [-0.05, 0) is 24.3 Å². The number of alkyl halides is 1. The number of hydrogen-bond acceptors (Lipinski definition) is 2. The minimum absolute atomic E-state index is 0.0636. The Bertz CT molecular complexity index is 449. The number of nitrogens with two attached hydrogens (primary N) is 1. The second kappa shape index (κ2) is 6.35. The van der Waals surface area contributed by atoms with Crippen molar-refractivity contribution in [2.75, 3.05) is 6.54 Å². The average molecular weight is 278 g/mol. The lowest BCUT2D eigenvalue weighted by Crippen LogP contribution is -2.46. The van der Waals surface area contributed by atoms with E-state index in [0.717, 1.165) is 5.56 Å². The molecule has 1 fully saturated rings. The number of piperidine rings is 1. The van der Waals surface area contributed by atoms with E-state index in [0.29, 0.717) is 19.4 Å². The number of hydrogen-bond donors (Lipinski definition) is 1. The second-order valence-electron chi connectivity index (χ2n) is 5.90. The molecule has 110 valence electrons. The van der Waals surface area contributed by atoms with Gasteiger partial charge >= 0.3 is 0 Å². The van der Waals surface area contributed by atoms with Gasteiger partial charge in [0.15, 0.2) is 6.30 Å². The molecule has 1 aromatic rings. The van der Waals surface area contributed by atoms with Gasteiger partial charge < -0.3 is 5.73 Å². The number of halogens is 1. The Morgan fingerprint density at radius 1 is 1.35 bits per heavy atom. The standard InChI is InChI=1S/C16H23FN2O/c1-11(2)15(17)19-9-8-13(16(18)20)10-14(19)12-6-4-3-5-7-12/h3-7,11,13-15H,8-10H2,1-2H3,(H2,18,20). The molecule has 4 heteroatoms. The smallest absolute Gasteiger partial charge is 0.220 e. The first-order valence-corrected chi connectivity index (χ1v) is 7.24. The van der Waals surface area contributed by atoms with E-state index in [-0.39, 0.29) is 23.8 Å². The molecular weight excluding hydrogens is 255 g/mol. The zero-order valence-electron chi connectivity index (χ0n) is 12.1. The number of amides is 1. The molecule has 1 aliphatic rings. The molecule has 0 aromatic heterocycles. The first-order chi connectivity index (χ1) is 9.50. The second-order valence-corrected chi connectivity index (χ2v) is 5.90. The summed E-state index contributed by atoms with van der Waals surface area (Å²) < 4.78 is 14.5. The SMILES string of the molecule is CC(C)C(F)N1CCC(C(N)=O)CC1c1ccccc1. The van der Waals surface area contributed by atoms with Crippen molar-refractivity contribution >= 4 is 5.91 Å². The maximum absolute atomic E-state index is 14.5. The summed E-state index contributed by atoms with van der Waals surface area (Å²) in [6.45, 7) is 4.34. The summed E-state index contributed by atoms with van der Waals surface area (Å²) in [5.41, 5.74) is 6.49. The van der Waals surface area contributed by atoms with Gasteiger partial charge in [-0.3, -0.25) is 9.69 Å². The van der Waals surface area contributed by atoms with Crippen LogP contribution in [0.3, 0.4) is 0 Å². The van der Waals surface area contributed by atoms with Crippen LogP contribution in [0.2, 0.25) is 0 Å². The van der Waals surface area contributed by atoms with E-state index in [1.54, 1.807) is 0 Å². The van der Waals surface area contributed by atoms with Crippen molar-refractivity contribution in [3.05, 3.63) is 35.9 Å². The lowest BCUT2D eigenvalue weighted by molar-refractivity contribution is -0.125. The first kappa shape index (κ1) is 15.0. The molecule has 0 bridgehead atoms. The maximum atomic E-state index is 14.5. The maximum Gasteiger partial charge on any atom is 0.220 e. The van der Waals surface area contributed by atoms with Crippen LogP contribution >= 0.6 is 0 Å². The van der Waals surface area contributed by atoms with E-state index in [1.807, 2.05) is 49.1 Å². The van der Waals surface area contributed by atoms with Crippen molar-refractivity contribution in [3.8, 4) is 0 Å². The van der Waals surface area contributed by atoms with Crippen LogP contribution in [0.1, 0.15) is 38.3 Å². The third-order valence-electron chi connectivity index (χ3n) is 4.10. The van der Waals surface area contributed by atoms with Gasteiger partial charge in [0, 0.05) is 18.5 Å². The topological polar surface area (TPSA) is 46.3 Å². The highest BCUT2D eigenvalue weighted by Crippen LogP contribution is 2.37. The van der Waals surface area contributed by atoms with E-state index in [9.17, 15) is 9.18 Å². The number of benzene rings is 1. The highest BCUT2D eigenvalue weighted by Gasteiger charge is 2.36. The van der Waals surface area contributed by atoms with Gasteiger partial charge in [-0.1, -0.05) is 44.2 Å². The summed E-state index contributed by atoms with van der Waals surface area (Å²) in [5, 5.41) is 0. The normalized spacial score (nSPS) is 25.6. The van der Waals surface area contributed by atoms with Crippen molar-refractivity contribution in [2.24, 2.45) is 17.6 Å². The summed E-state index contributed by atoms with van der Waals surface area (Å²) in [6, 6.07) is 9.76. The number of likely N-dealkylation sites (tertiary alicyclic amines) is 1. The molecule has 1 heterocycles. The highest BCUT2D eigenvalue weighted by molar-refractivity contribution is 5.76. The molecule has 1 saturated heterocycles. The molecule has 3 unspecified atom stereocenters. The molecule has 3 atom stereocenters. The predicted octanol–water partition coefficient (Wildman–Crippen LogP) is 2.88. The fraction of sp³-hybridized carbons (Fsp3) is 0.562. The zero-order chi connectivity index (χ0) is 14.7. The molecule has 0 radical (unpaired) electrons. The molecule has 1 amide bonds. The van der Waals surface area contributed by atoms with E-state index < -0.39 is 6.30 Å². The van der Waals surface area contributed by atoms with Crippen molar-refractivity contribution < 1.29 is 9.18 Å². The van der Waals surface area contributed by atoms with Gasteiger partial charge in [-0.2, -0.15) is 0 Å². The number of carbonyl (C=O) groups excluding carboxylic acids is 1. The van der Waals surface area contributed by atoms with Crippen LogP contribution in [0.4, 0.5) is 4.39 Å². The van der Waals surface area contributed by atoms with Gasteiger partial charge in [0.2, 0.25) is 5.91 Å². The fourth-order valence-electron chi connectivity index (χ4n) is 2.92. The van der Waals surface area contributed by atoms with Crippen LogP contribution in [-0.4, -0.2) is 23.6 Å². The molecule has 3 nitrogen and oxygen atoms in total. The van der Waals surface area contributed by atoms with Gasteiger partial charge in [-0.25, -0.2) is 4.39 Å². The summed E-state index contributed by atoms with van der Waals surface area (Å²) in [7, 11) is 0. The molecule has 0 aliphatic carbocycles. The van der Waals surface area contributed by atoms with E-state index in [4.69, 9.17) is 5.73 Å². The van der Waals surface area contributed by atoms with Crippen LogP contribution in [0.15, 0.2) is 30.3 Å². The molecule has 2 N–H and O–H groups in total. The molecule has 2 rings (SSSR count). The zero-order valence-corrected chi connectivity index (χ0v) is 12.1. The van der Waals surface area contributed by atoms with E-state index in [1.165, 1.54) is 0 Å². The van der Waals surface area contributed by atoms with Crippen molar-refractivity contribution in [1.82, 2.24) is 4.90 Å². The van der Waals surface area contributed by atoms with Crippen LogP contribution in [0.5, 0.6) is 0 Å². The highest BCUT2D eigenvalue weighted by atomic mass is 19.1. The summed E-state index contributed by atoms with van der Waals surface area (Å²) >= 11 is 0. The lowest BCUT2D eigenvalue weighted by Gasteiger charge is -2.41. The molecule has 0 spiro atoms. The Kier molecular flexibility index (Phi) is 4.76. The van der Waals surface area contributed by atoms with Crippen molar-refractivity contribution in [1.29, 1.82) is 0 Å². The van der Waals surface area contributed by atoms with E-state index >= 15 is 0 Å². The van der Waals surface area contributed by atoms with Gasteiger partial charge in [0.25, 0.3) is 0 Å². The predicted molar refractivity (Wildman–Crippen MR) is 77.5 cm³/mol. The Balaban J connectivity index is 2.25. The van der Waals surface area contributed by atoms with Crippen molar-refractivity contribution in [2.45, 2.75) is 39.0 Å². The summed E-state index contributed by atoms with van der Waals surface area (Å²) in [5.74, 6) is -0.493. The number of rotatable bonds is 4. The van der Waals surface area contributed by atoms with Gasteiger partial charge in [-0.15, -0.1) is 0 Å². The number of primary amides is 1. The van der Waals surface area contributed by atoms with E-state index in [2.05, 4.69) is 0 Å². The van der Waals surface area contributed by atoms with Gasteiger partial charge in [0.05, 0.1) is 0 Å². The third-order valence-corrected chi connectivity index (χ3v) is 4.10. The lowest BCUT2D eigenvalue weighted by atomic mass is 9.86. The van der Waals surface area contributed by atoms with Gasteiger partial charge in [0.1, 0.15) is 0 Å². The first-order valence-electron chi connectivity index (χ1n) is 7.24. The number of nitrogens with zero attached hydrogens (tertiary/aromatic N) is 1. The Labute approximate surface area is 120 Å². The Hall–Kier alpha value is -1.42. The third kappa shape index (κ3) is 3.18. The minimum atomic E-state index is -0.992. The Morgan fingerprint density at radius 2 is 2.00 bits per heavy atom. The number of carbonyl (C=O) groups is 1. The van der Waals surface area contributed by atoms with Crippen LogP contribution in [0.25, 0.3) is 0 Å². The monoisotopic (exact) mass is 278 g/mol. The molecule has 1 aromatic carbocycles. The van der Waals surface area contributed by atoms with Crippen LogP contribution < -0.4 is 5.73 Å². The average Bonchev–Trinajstić information content (AvgIpc) is 2.46. The quantitative estimate of drug-likeness (QED) is 0.861. The minimum Gasteiger partial charge on any atom is -0.369 e. The summed E-state index contributed by atoms with van der Waals surface area (Å²) in [6.07, 6.45) is 0.257. The molecular formula is C16H23FN2O. The fourth-order valence-corrected chi connectivity index (χ4v) is 2.92. The molecule has 20 heavy (non-hydrogen) atoms. The summed E-state index contributed by atoms with van der Waals surface area (Å²) in [4.78, 5) is 13.3. The van der Waals surface area contributed by atoms with Crippen LogP contribution in [-0.2, 0) is 4.79 Å².